The molecule has 0 heterocycles. The zero-order valence-corrected chi connectivity index (χ0v) is 27.8. The Balaban J connectivity index is 1.27. The third-order valence-electron chi connectivity index (χ3n) is 11.0. The molecular weight excluding hydrogens is 603 g/mol. The topological polar surface area (TPSA) is 3.24 Å². The summed E-state index contributed by atoms with van der Waals surface area (Å²) in [7, 11) is 0. The van der Waals surface area contributed by atoms with Crippen LogP contribution in [0.4, 0.5) is 11.4 Å². The van der Waals surface area contributed by atoms with Gasteiger partial charge in [-0.15, -0.1) is 0 Å². The van der Waals surface area contributed by atoms with Gasteiger partial charge in [-0.05, 0) is 86.7 Å². The van der Waals surface area contributed by atoms with Crippen LogP contribution in [0.15, 0.2) is 194 Å². The van der Waals surface area contributed by atoms with Gasteiger partial charge < -0.3 is 4.90 Å². The molecule has 0 saturated heterocycles. The van der Waals surface area contributed by atoms with Crippen molar-refractivity contribution < 1.29 is 0 Å². The predicted octanol–water partition coefficient (Wildman–Crippen LogP) is 12.6. The standard InChI is InChI=1S/C49H35N/c1-3-16-34(17-4-1)35-30-32-37(33-31-35)50(46-28-14-10-20-38(46)36-18-5-2-6-19-36)47-29-15-27-45-48(47)41-23-9-13-26-44(41)49(45)42-24-11-7-21-39(42)40-22-8-12-25-43(40)49/h1-13,15-27,29-33H,14,28H2. The summed E-state index contributed by atoms with van der Waals surface area (Å²) in [5, 5.41) is 0. The summed E-state index contributed by atoms with van der Waals surface area (Å²) >= 11 is 0. The van der Waals surface area contributed by atoms with Crippen molar-refractivity contribution in [2.45, 2.75) is 18.3 Å². The second-order valence-electron chi connectivity index (χ2n) is 13.5. The zero-order valence-electron chi connectivity index (χ0n) is 27.8. The van der Waals surface area contributed by atoms with Gasteiger partial charge in [-0.1, -0.05) is 170 Å². The second-order valence-corrected chi connectivity index (χ2v) is 13.5. The van der Waals surface area contributed by atoms with Crippen LogP contribution in [-0.2, 0) is 5.41 Å². The molecule has 0 aromatic heterocycles. The van der Waals surface area contributed by atoms with E-state index in [0.29, 0.717) is 0 Å². The summed E-state index contributed by atoms with van der Waals surface area (Å²) in [6.07, 6.45) is 6.61. The maximum Gasteiger partial charge on any atom is 0.0726 e. The largest absolute Gasteiger partial charge is 0.313 e. The number of benzene rings is 7. The van der Waals surface area contributed by atoms with E-state index in [4.69, 9.17) is 0 Å². The van der Waals surface area contributed by atoms with Crippen LogP contribution in [0, 0.1) is 0 Å². The summed E-state index contributed by atoms with van der Waals surface area (Å²) < 4.78 is 0. The number of fused-ring (bicyclic) bond motifs is 10. The molecule has 10 rings (SSSR count). The summed E-state index contributed by atoms with van der Waals surface area (Å²) in [6.45, 7) is 0. The van der Waals surface area contributed by atoms with Gasteiger partial charge in [0.25, 0.3) is 0 Å². The van der Waals surface area contributed by atoms with Crippen molar-refractivity contribution in [1.82, 2.24) is 0 Å². The third-order valence-corrected chi connectivity index (χ3v) is 11.0. The predicted molar refractivity (Wildman–Crippen MR) is 208 cm³/mol. The Hall–Kier alpha value is -6.18. The van der Waals surface area contributed by atoms with Crippen LogP contribution in [0.5, 0.6) is 0 Å². The number of hydrogen-bond acceptors (Lipinski definition) is 1. The van der Waals surface area contributed by atoms with Crippen LogP contribution < -0.4 is 4.90 Å². The number of hydrogen-bond donors (Lipinski definition) is 0. The molecule has 1 spiro atoms. The Morgan fingerprint density at radius 2 is 0.940 bits per heavy atom. The van der Waals surface area contributed by atoms with Gasteiger partial charge >= 0.3 is 0 Å². The normalized spacial score (nSPS) is 14.6. The molecule has 236 valence electrons. The van der Waals surface area contributed by atoms with Gasteiger partial charge in [-0.2, -0.15) is 0 Å². The van der Waals surface area contributed by atoms with Gasteiger partial charge in [0.1, 0.15) is 0 Å². The summed E-state index contributed by atoms with van der Waals surface area (Å²) in [5.41, 5.74) is 19.0. The van der Waals surface area contributed by atoms with Crippen molar-refractivity contribution in [1.29, 1.82) is 0 Å². The van der Waals surface area contributed by atoms with Gasteiger partial charge in [0, 0.05) is 22.5 Å². The average Bonchev–Trinajstić information content (AvgIpc) is 3.67. The maximum atomic E-state index is 2.57. The Bertz CT molecular complexity index is 2420. The molecule has 0 atom stereocenters. The third kappa shape index (κ3) is 4.13. The second kappa shape index (κ2) is 11.5. The first-order valence-corrected chi connectivity index (χ1v) is 17.7. The molecule has 50 heavy (non-hydrogen) atoms. The van der Waals surface area contributed by atoms with E-state index in [0.717, 1.165) is 12.8 Å². The molecule has 0 saturated carbocycles. The lowest BCUT2D eigenvalue weighted by molar-refractivity contribution is 0.793. The van der Waals surface area contributed by atoms with E-state index in [9.17, 15) is 0 Å². The number of anilines is 2. The van der Waals surface area contributed by atoms with Gasteiger partial charge in [-0.25, -0.2) is 0 Å². The fourth-order valence-electron chi connectivity index (χ4n) is 8.95. The quantitative estimate of drug-likeness (QED) is 0.181. The molecule has 7 aromatic carbocycles. The molecule has 1 heteroatoms. The molecular formula is C49H35N. The van der Waals surface area contributed by atoms with Crippen LogP contribution in [0.25, 0.3) is 39.0 Å². The van der Waals surface area contributed by atoms with Crippen molar-refractivity contribution in [2.75, 3.05) is 4.90 Å². The van der Waals surface area contributed by atoms with E-state index < -0.39 is 0 Å². The Morgan fingerprint density at radius 1 is 0.420 bits per heavy atom. The molecule has 7 aromatic rings. The first-order chi connectivity index (χ1) is 24.8. The van der Waals surface area contributed by atoms with Crippen molar-refractivity contribution in [3.63, 3.8) is 0 Å². The first kappa shape index (κ1) is 28.8. The van der Waals surface area contributed by atoms with Gasteiger partial charge in [0.05, 0.1) is 11.1 Å². The summed E-state index contributed by atoms with van der Waals surface area (Å²) in [5.74, 6) is 0. The van der Waals surface area contributed by atoms with Crippen LogP contribution in [0.1, 0.15) is 40.7 Å². The monoisotopic (exact) mass is 637 g/mol. The molecule has 3 aliphatic rings. The van der Waals surface area contributed by atoms with E-state index in [1.54, 1.807) is 0 Å². The summed E-state index contributed by atoms with van der Waals surface area (Å²) in [6, 6.07) is 65.0. The van der Waals surface area contributed by atoms with Crippen molar-refractivity contribution in [3.05, 3.63) is 222 Å². The van der Waals surface area contributed by atoms with E-state index in [2.05, 4.69) is 193 Å². The van der Waals surface area contributed by atoms with Crippen molar-refractivity contribution in [2.24, 2.45) is 0 Å². The van der Waals surface area contributed by atoms with Crippen molar-refractivity contribution >= 4 is 16.9 Å². The SMILES string of the molecule is C1=CC(c2ccccc2)=C(N(c2ccc(-c3ccccc3)cc2)c2cccc3c2-c2ccccc2C32c3ccccc3-c3ccccc32)CC1. The van der Waals surface area contributed by atoms with Crippen LogP contribution in [0.2, 0.25) is 0 Å². The van der Waals surface area contributed by atoms with E-state index >= 15 is 0 Å². The minimum Gasteiger partial charge on any atom is -0.313 e. The molecule has 3 aliphatic carbocycles. The molecule has 0 N–H and O–H groups in total. The molecule has 0 radical (unpaired) electrons. The fraction of sp³-hybridized carbons (Fsp3) is 0.0612. The van der Waals surface area contributed by atoms with E-state index in [1.165, 1.54) is 83.8 Å². The molecule has 1 nitrogen and oxygen atoms in total. The fourth-order valence-corrected chi connectivity index (χ4v) is 8.95. The van der Waals surface area contributed by atoms with E-state index in [-0.39, 0.29) is 5.41 Å². The molecule has 0 bridgehead atoms. The maximum absolute atomic E-state index is 2.57. The highest BCUT2D eigenvalue weighted by Crippen LogP contribution is 2.64. The Labute approximate surface area is 294 Å². The smallest absolute Gasteiger partial charge is 0.0726 e. The lowest BCUT2D eigenvalue weighted by Gasteiger charge is -2.34. The lowest BCUT2D eigenvalue weighted by Crippen LogP contribution is -2.26. The highest BCUT2D eigenvalue weighted by molar-refractivity contribution is 6.01. The minimum absolute atomic E-state index is 0.388. The lowest BCUT2D eigenvalue weighted by atomic mass is 9.70. The van der Waals surface area contributed by atoms with E-state index in [1.807, 2.05) is 0 Å². The minimum atomic E-state index is -0.388. The van der Waals surface area contributed by atoms with Crippen LogP contribution in [0.3, 0.4) is 0 Å². The Kier molecular flexibility index (Phi) is 6.60. The van der Waals surface area contributed by atoms with Gasteiger partial charge in [0.2, 0.25) is 0 Å². The average molecular weight is 638 g/mol. The zero-order chi connectivity index (χ0) is 33.1. The molecule has 0 aliphatic heterocycles. The number of allylic oxidation sites excluding steroid dienone is 4. The number of rotatable bonds is 5. The number of nitrogens with zero attached hydrogens (tertiary/aromatic N) is 1. The van der Waals surface area contributed by atoms with Crippen LogP contribution in [-0.4, -0.2) is 0 Å². The van der Waals surface area contributed by atoms with Gasteiger partial charge in [-0.3, -0.25) is 0 Å². The molecule has 0 unspecified atom stereocenters. The van der Waals surface area contributed by atoms with Gasteiger partial charge in [0.15, 0.2) is 0 Å². The molecule has 0 amide bonds. The highest BCUT2D eigenvalue weighted by atomic mass is 15.2. The summed E-state index contributed by atoms with van der Waals surface area (Å²) in [4.78, 5) is 2.57. The highest BCUT2D eigenvalue weighted by Gasteiger charge is 2.52. The van der Waals surface area contributed by atoms with Crippen molar-refractivity contribution in [3.8, 4) is 33.4 Å². The van der Waals surface area contributed by atoms with Crippen LogP contribution >= 0.6 is 0 Å². The first-order valence-electron chi connectivity index (χ1n) is 17.7. The Morgan fingerprint density at radius 3 is 1.60 bits per heavy atom. The molecule has 0 fully saturated rings.